The molecule has 1 fully saturated rings. The number of rotatable bonds is 7. The van der Waals surface area contributed by atoms with Gasteiger partial charge in [0.15, 0.2) is 0 Å². The summed E-state index contributed by atoms with van der Waals surface area (Å²) in [6.07, 6.45) is 2.12. The Morgan fingerprint density at radius 3 is 2.38 bits per heavy atom. The van der Waals surface area contributed by atoms with Gasteiger partial charge < -0.3 is 9.80 Å². The first-order chi connectivity index (χ1) is 11.4. The van der Waals surface area contributed by atoms with Crippen LogP contribution in [0.3, 0.4) is 0 Å². The monoisotopic (exact) mass is 354 g/mol. The first-order valence-electron chi connectivity index (χ1n) is 8.56. The van der Waals surface area contributed by atoms with Gasteiger partial charge in [-0.1, -0.05) is 18.2 Å². The Bertz CT molecular complexity index is 626. The number of nitrogens with one attached hydrogen (secondary N) is 1. The van der Waals surface area contributed by atoms with Gasteiger partial charge in [-0.2, -0.15) is 0 Å². The fourth-order valence-corrected chi connectivity index (χ4v) is 4.00. The summed E-state index contributed by atoms with van der Waals surface area (Å²) in [6.45, 7) is 7.20. The van der Waals surface area contributed by atoms with Crippen LogP contribution in [0.15, 0.2) is 30.3 Å². The number of para-hydroxylation sites is 1. The van der Waals surface area contributed by atoms with Gasteiger partial charge in [0.1, 0.15) is 0 Å². The average Bonchev–Trinajstić information content (AvgIpc) is 2.58. The first-order valence-corrected chi connectivity index (χ1v) is 10.4. The van der Waals surface area contributed by atoms with Crippen molar-refractivity contribution in [3.05, 3.63) is 30.3 Å². The molecule has 1 aromatic carbocycles. The molecule has 1 aromatic rings. The third-order valence-corrected chi connectivity index (χ3v) is 5.71. The molecule has 0 aliphatic carbocycles. The minimum Gasteiger partial charge on any atom is -0.332 e. The van der Waals surface area contributed by atoms with Gasteiger partial charge in [-0.25, -0.2) is 8.42 Å². The number of carbonyl (C=O) groups is 1. The molecule has 0 aromatic heterocycles. The molecule has 1 saturated heterocycles. The Morgan fingerprint density at radius 1 is 1.21 bits per heavy atom. The predicted molar refractivity (Wildman–Crippen MR) is 95.7 cm³/mol. The molecule has 0 atom stereocenters. The van der Waals surface area contributed by atoms with E-state index in [1.54, 1.807) is 12.1 Å². The number of hydrogen-bond donors (Lipinski definition) is 1. The lowest BCUT2D eigenvalue weighted by atomic mass is 10.2. The van der Waals surface area contributed by atoms with Crippen LogP contribution in [-0.2, 0) is 14.8 Å². The van der Waals surface area contributed by atoms with Crippen LogP contribution < -0.4 is 9.21 Å². The molecule has 24 heavy (non-hydrogen) atoms. The van der Waals surface area contributed by atoms with E-state index in [9.17, 15) is 13.2 Å². The fraction of sp³-hybridized carbons (Fsp3) is 0.588. The number of piperazine rings is 1. The average molecular weight is 354 g/mol. The first kappa shape index (κ1) is 18.7. The molecule has 1 N–H and O–H groups in total. The third-order valence-electron chi connectivity index (χ3n) is 4.52. The molecule has 1 heterocycles. The minimum atomic E-state index is -3.35. The number of anilines is 1. The summed E-state index contributed by atoms with van der Waals surface area (Å²) in [6, 6.07) is 9.03. The molecule has 6 nitrogen and oxygen atoms in total. The van der Waals surface area contributed by atoms with E-state index in [2.05, 4.69) is 6.92 Å². The van der Waals surface area contributed by atoms with Crippen molar-refractivity contribution >= 4 is 21.6 Å². The van der Waals surface area contributed by atoms with Crippen LogP contribution in [0.4, 0.5) is 5.69 Å². The van der Waals surface area contributed by atoms with Gasteiger partial charge in [-0.15, -0.1) is 0 Å². The van der Waals surface area contributed by atoms with Crippen molar-refractivity contribution in [2.75, 3.05) is 49.8 Å². The van der Waals surface area contributed by atoms with Crippen molar-refractivity contribution in [1.29, 1.82) is 0 Å². The van der Waals surface area contributed by atoms with E-state index in [-0.39, 0.29) is 5.91 Å². The maximum atomic E-state index is 12.3. The highest BCUT2D eigenvalue weighted by atomic mass is 32.2. The molecule has 1 aliphatic heterocycles. The van der Waals surface area contributed by atoms with Crippen molar-refractivity contribution in [3.63, 3.8) is 0 Å². The van der Waals surface area contributed by atoms with Crippen molar-refractivity contribution in [1.82, 2.24) is 4.90 Å². The Labute approximate surface area is 145 Å². The van der Waals surface area contributed by atoms with E-state index in [4.69, 9.17) is 0 Å². The highest BCUT2D eigenvalue weighted by molar-refractivity contribution is 7.92. The molecule has 1 aliphatic rings. The van der Waals surface area contributed by atoms with Crippen LogP contribution in [0.5, 0.6) is 0 Å². The van der Waals surface area contributed by atoms with Gasteiger partial charge in [-0.05, 0) is 25.5 Å². The molecule has 7 heteroatoms. The standard InChI is InChI=1S/C17H27N3O3S/c1-3-18-12-14-19(15-13-18)17(21)10-7-11-20(24(2,22)23)16-8-5-4-6-9-16/h4-6,8-9H,3,7,10-15H2,1-2H3/p+1. The van der Waals surface area contributed by atoms with E-state index < -0.39 is 10.0 Å². The molecular weight excluding hydrogens is 326 g/mol. The summed E-state index contributed by atoms with van der Waals surface area (Å²) in [7, 11) is -3.35. The van der Waals surface area contributed by atoms with Crippen molar-refractivity contribution in [3.8, 4) is 0 Å². The number of benzene rings is 1. The van der Waals surface area contributed by atoms with E-state index in [1.807, 2.05) is 23.1 Å². The van der Waals surface area contributed by atoms with E-state index in [0.29, 0.717) is 25.1 Å². The Balaban J connectivity index is 1.86. The largest absolute Gasteiger partial charge is 0.332 e. The van der Waals surface area contributed by atoms with E-state index in [0.717, 1.165) is 32.7 Å². The molecule has 0 spiro atoms. The van der Waals surface area contributed by atoms with Crippen LogP contribution in [0, 0.1) is 0 Å². The van der Waals surface area contributed by atoms with Crippen LogP contribution in [0.1, 0.15) is 19.8 Å². The number of likely N-dealkylation sites (N-methyl/N-ethyl adjacent to an activating group) is 1. The molecule has 0 unspecified atom stereocenters. The van der Waals surface area contributed by atoms with Gasteiger partial charge in [0.2, 0.25) is 15.9 Å². The quantitative estimate of drug-likeness (QED) is 0.749. The highest BCUT2D eigenvalue weighted by Gasteiger charge is 2.23. The maximum absolute atomic E-state index is 12.3. The zero-order chi connectivity index (χ0) is 17.6. The Morgan fingerprint density at radius 2 is 1.83 bits per heavy atom. The van der Waals surface area contributed by atoms with Gasteiger partial charge in [0.05, 0.1) is 44.7 Å². The summed E-state index contributed by atoms with van der Waals surface area (Å²) in [5.74, 6) is 0.131. The minimum absolute atomic E-state index is 0.131. The Hall–Kier alpha value is -1.60. The molecular formula is C17H28N3O3S+. The second-order valence-electron chi connectivity index (χ2n) is 6.26. The zero-order valence-electron chi connectivity index (χ0n) is 14.6. The molecule has 1 amide bonds. The molecule has 0 bridgehead atoms. The summed E-state index contributed by atoms with van der Waals surface area (Å²) < 4.78 is 25.4. The smallest absolute Gasteiger partial charge is 0.232 e. The van der Waals surface area contributed by atoms with Crippen molar-refractivity contribution in [2.24, 2.45) is 0 Å². The number of nitrogens with zero attached hydrogens (tertiary/aromatic N) is 2. The molecule has 134 valence electrons. The predicted octanol–water partition coefficient (Wildman–Crippen LogP) is -0.0202. The molecule has 0 saturated carbocycles. The highest BCUT2D eigenvalue weighted by Crippen LogP contribution is 2.17. The van der Waals surface area contributed by atoms with Crippen molar-refractivity contribution in [2.45, 2.75) is 19.8 Å². The second kappa shape index (κ2) is 8.48. The lowest BCUT2D eigenvalue weighted by Crippen LogP contribution is -3.14. The molecule has 2 rings (SSSR count). The van der Waals surface area contributed by atoms with Gasteiger partial charge in [0, 0.05) is 13.0 Å². The van der Waals surface area contributed by atoms with Gasteiger partial charge in [-0.3, -0.25) is 9.10 Å². The van der Waals surface area contributed by atoms with Crippen LogP contribution >= 0.6 is 0 Å². The van der Waals surface area contributed by atoms with Gasteiger partial charge >= 0.3 is 0 Å². The fourth-order valence-electron chi connectivity index (χ4n) is 3.04. The lowest BCUT2D eigenvalue weighted by Gasteiger charge is -2.32. The number of amides is 1. The van der Waals surface area contributed by atoms with Crippen LogP contribution in [0.25, 0.3) is 0 Å². The second-order valence-corrected chi connectivity index (χ2v) is 8.17. The number of carbonyl (C=O) groups excluding carboxylic acids is 1. The summed E-state index contributed by atoms with van der Waals surface area (Å²) in [4.78, 5) is 15.8. The summed E-state index contributed by atoms with van der Waals surface area (Å²) in [5.41, 5.74) is 0.646. The third kappa shape index (κ3) is 5.21. The van der Waals surface area contributed by atoms with Crippen LogP contribution in [0.2, 0.25) is 0 Å². The van der Waals surface area contributed by atoms with Gasteiger partial charge in [0.25, 0.3) is 0 Å². The van der Waals surface area contributed by atoms with Crippen LogP contribution in [-0.4, -0.2) is 64.7 Å². The van der Waals surface area contributed by atoms with E-state index in [1.165, 1.54) is 15.5 Å². The Kier molecular flexibility index (Phi) is 6.62. The number of quaternary nitrogens is 1. The number of sulfonamides is 1. The zero-order valence-corrected chi connectivity index (χ0v) is 15.4. The maximum Gasteiger partial charge on any atom is 0.232 e. The van der Waals surface area contributed by atoms with Crippen molar-refractivity contribution < 1.29 is 18.1 Å². The summed E-state index contributed by atoms with van der Waals surface area (Å²) >= 11 is 0. The molecule has 0 radical (unpaired) electrons. The summed E-state index contributed by atoms with van der Waals surface area (Å²) in [5, 5.41) is 0. The number of hydrogen-bond acceptors (Lipinski definition) is 3. The SMILES string of the molecule is CC[NH+]1CCN(C(=O)CCCN(c2ccccc2)S(C)(=O)=O)CC1. The van der Waals surface area contributed by atoms with E-state index >= 15 is 0 Å². The topological polar surface area (TPSA) is 62.1 Å². The lowest BCUT2D eigenvalue weighted by molar-refractivity contribution is -0.902. The normalized spacial score (nSPS) is 16.2.